The van der Waals surface area contributed by atoms with Crippen molar-refractivity contribution in [2.75, 3.05) is 0 Å². The molecule has 0 radical (unpaired) electrons. The summed E-state index contributed by atoms with van der Waals surface area (Å²) in [6.45, 7) is 0. The van der Waals surface area contributed by atoms with E-state index < -0.39 is 0 Å². The van der Waals surface area contributed by atoms with Crippen LogP contribution >= 0.6 is 11.3 Å². The van der Waals surface area contributed by atoms with Crippen LogP contribution in [-0.4, -0.2) is 11.0 Å². The second-order valence-corrected chi connectivity index (χ2v) is 1.91. The Hall–Kier alpha value is -0.990. The highest BCUT2D eigenvalue weighted by Crippen LogP contribution is 2.12. The molecule has 0 aromatic carbocycles. The van der Waals surface area contributed by atoms with Crippen molar-refractivity contribution in [2.45, 2.75) is 0 Å². The molecule has 1 aromatic rings. The van der Waals surface area contributed by atoms with Crippen LogP contribution in [-0.2, 0) is 0 Å². The molecule has 0 aliphatic heterocycles. The van der Waals surface area contributed by atoms with E-state index in [2.05, 4.69) is 9.98 Å². The first kappa shape index (κ1) is 5.15. The second kappa shape index (κ2) is 2.35. The molecule has 40 valence electrons. The second-order valence-electron chi connectivity index (χ2n) is 1.04. The third-order valence-corrected chi connectivity index (χ3v) is 1.24. The third-order valence-electron chi connectivity index (χ3n) is 0.571. The van der Waals surface area contributed by atoms with E-state index in [0.29, 0.717) is 5.13 Å². The van der Waals surface area contributed by atoms with Crippen molar-refractivity contribution in [3.05, 3.63) is 11.6 Å². The Morgan fingerprint density at radius 3 is 3.25 bits per heavy atom. The SMILES string of the molecule is N=C=Nc1nccs1. The Morgan fingerprint density at radius 2 is 2.75 bits per heavy atom. The molecule has 0 aliphatic rings. The number of aliphatic imine (C=N–C) groups is 1. The summed E-state index contributed by atoms with van der Waals surface area (Å²) in [5.41, 5.74) is 0. The minimum atomic E-state index is 0.583. The molecule has 1 N–H and O–H groups in total. The minimum absolute atomic E-state index is 0.583. The van der Waals surface area contributed by atoms with Gasteiger partial charge >= 0.3 is 0 Å². The molecule has 0 aliphatic carbocycles. The van der Waals surface area contributed by atoms with Gasteiger partial charge < -0.3 is 0 Å². The molecule has 0 amide bonds. The Balaban J connectivity index is 2.93. The van der Waals surface area contributed by atoms with Gasteiger partial charge in [-0.1, -0.05) is 0 Å². The number of nitrogens with one attached hydrogen (secondary N) is 1. The van der Waals surface area contributed by atoms with Crippen LogP contribution < -0.4 is 0 Å². The number of aromatic nitrogens is 1. The van der Waals surface area contributed by atoms with Gasteiger partial charge in [-0.15, -0.1) is 11.3 Å². The van der Waals surface area contributed by atoms with Crippen LogP contribution in [0, 0.1) is 5.41 Å². The third kappa shape index (κ3) is 0.992. The molecule has 3 nitrogen and oxygen atoms in total. The average molecular weight is 125 g/mol. The van der Waals surface area contributed by atoms with E-state index in [0.717, 1.165) is 0 Å². The molecule has 0 unspecified atom stereocenters. The summed E-state index contributed by atoms with van der Waals surface area (Å²) < 4.78 is 0. The van der Waals surface area contributed by atoms with E-state index in [4.69, 9.17) is 5.41 Å². The fourth-order valence-electron chi connectivity index (χ4n) is 0.319. The molecule has 1 rings (SSSR count). The summed E-state index contributed by atoms with van der Waals surface area (Å²) >= 11 is 1.39. The molecule has 0 bridgehead atoms. The molecular formula is C4H3N3S. The highest BCUT2D eigenvalue weighted by Gasteiger charge is 1.84. The van der Waals surface area contributed by atoms with Gasteiger partial charge in [0, 0.05) is 11.6 Å². The number of hydrogen-bond acceptors (Lipinski definition) is 4. The van der Waals surface area contributed by atoms with Crippen LogP contribution in [0.5, 0.6) is 0 Å². The lowest BCUT2D eigenvalue weighted by molar-refractivity contribution is 1.36. The minimum Gasteiger partial charge on any atom is -0.241 e. The van der Waals surface area contributed by atoms with Crippen LogP contribution in [0.2, 0.25) is 0 Å². The quantitative estimate of drug-likeness (QED) is 0.568. The Labute approximate surface area is 50.2 Å². The maximum absolute atomic E-state index is 6.43. The smallest absolute Gasteiger partial charge is 0.219 e. The largest absolute Gasteiger partial charge is 0.241 e. The lowest BCUT2D eigenvalue weighted by Crippen LogP contribution is -1.53. The van der Waals surface area contributed by atoms with Gasteiger partial charge in [0.05, 0.1) is 6.01 Å². The van der Waals surface area contributed by atoms with Crippen LogP contribution in [0.1, 0.15) is 0 Å². The Morgan fingerprint density at radius 1 is 1.88 bits per heavy atom. The predicted molar refractivity (Wildman–Crippen MR) is 31.9 cm³/mol. The van der Waals surface area contributed by atoms with Crippen molar-refractivity contribution in [1.82, 2.24) is 4.98 Å². The topological polar surface area (TPSA) is 49.1 Å². The van der Waals surface area contributed by atoms with Gasteiger partial charge in [0.15, 0.2) is 0 Å². The molecule has 1 aromatic heterocycles. The van der Waals surface area contributed by atoms with E-state index in [9.17, 15) is 0 Å². The van der Waals surface area contributed by atoms with Gasteiger partial charge in [0.25, 0.3) is 0 Å². The van der Waals surface area contributed by atoms with Crippen LogP contribution in [0.15, 0.2) is 16.6 Å². The molecule has 0 atom stereocenters. The summed E-state index contributed by atoms with van der Waals surface area (Å²) in [5, 5.41) is 8.81. The average Bonchev–Trinajstić information content (AvgIpc) is 2.19. The number of hydrogen-bond donors (Lipinski definition) is 1. The summed E-state index contributed by atoms with van der Waals surface area (Å²) in [6, 6.07) is 1.89. The van der Waals surface area contributed by atoms with Crippen LogP contribution in [0.25, 0.3) is 0 Å². The van der Waals surface area contributed by atoms with Crippen molar-refractivity contribution in [2.24, 2.45) is 4.99 Å². The van der Waals surface area contributed by atoms with Gasteiger partial charge in [-0.25, -0.2) is 10.4 Å². The normalized spacial score (nSPS) is 8.00. The van der Waals surface area contributed by atoms with Crippen LogP contribution in [0.3, 0.4) is 0 Å². The van der Waals surface area contributed by atoms with Crippen molar-refractivity contribution >= 4 is 22.5 Å². The standard InChI is InChI=1S/C4H3N3S/c5-3-7-4-6-1-2-8-4/h1-2,5H. The molecule has 8 heavy (non-hydrogen) atoms. The highest BCUT2D eigenvalue weighted by molar-refractivity contribution is 7.13. The Kier molecular flexibility index (Phi) is 1.51. The first-order valence-electron chi connectivity index (χ1n) is 1.95. The fourth-order valence-corrected chi connectivity index (χ4v) is 0.782. The van der Waals surface area contributed by atoms with Gasteiger partial charge in [-0.3, -0.25) is 0 Å². The summed E-state index contributed by atoms with van der Waals surface area (Å²) in [7, 11) is 0. The lowest BCUT2D eigenvalue weighted by atomic mass is 11.0. The van der Waals surface area contributed by atoms with Crippen molar-refractivity contribution in [1.29, 1.82) is 5.41 Å². The Bertz CT molecular complexity index is 197. The summed E-state index contributed by atoms with van der Waals surface area (Å²) in [5.74, 6) is 0. The summed E-state index contributed by atoms with van der Waals surface area (Å²) in [6.07, 6.45) is 1.64. The first-order valence-corrected chi connectivity index (χ1v) is 2.83. The summed E-state index contributed by atoms with van der Waals surface area (Å²) in [4.78, 5) is 7.27. The zero-order valence-electron chi connectivity index (χ0n) is 3.96. The maximum Gasteiger partial charge on any atom is 0.219 e. The lowest BCUT2D eigenvalue weighted by Gasteiger charge is -1.69. The maximum atomic E-state index is 6.43. The zero-order valence-corrected chi connectivity index (χ0v) is 4.77. The van der Waals surface area contributed by atoms with Crippen molar-refractivity contribution in [3.63, 3.8) is 0 Å². The highest BCUT2D eigenvalue weighted by atomic mass is 32.1. The molecule has 0 saturated heterocycles. The van der Waals surface area contributed by atoms with E-state index in [1.165, 1.54) is 11.3 Å². The predicted octanol–water partition coefficient (Wildman–Crippen LogP) is 1.53. The van der Waals surface area contributed by atoms with Gasteiger partial charge in [0.1, 0.15) is 0 Å². The molecule has 0 spiro atoms. The molecule has 0 saturated carbocycles. The molecule has 1 heterocycles. The van der Waals surface area contributed by atoms with E-state index in [-0.39, 0.29) is 0 Å². The fraction of sp³-hybridized carbons (Fsp3) is 0. The molecule has 0 fully saturated rings. The number of rotatable bonds is 1. The monoisotopic (exact) mass is 125 g/mol. The number of nitrogens with zero attached hydrogens (tertiary/aromatic N) is 2. The van der Waals surface area contributed by atoms with Crippen LogP contribution in [0.4, 0.5) is 5.13 Å². The van der Waals surface area contributed by atoms with Gasteiger partial charge in [-0.05, 0) is 0 Å². The number of thiazole rings is 1. The van der Waals surface area contributed by atoms with Crippen molar-refractivity contribution < 1.29 is 0 Å². The van der Waals surface area contributed by atoms with E-state index >= 15 is 0 Å². The molecular weight excluding hydrogens is 122 g/mol. The van der Waals surface area contributed by atoms with Gasteiger partial charge in [0.2, 0.25) is 5.13 Å². The van der Waals surface area contributed by atoms with E-state index in [1.807, 2.05) is 6.01 Å². The van der Waals surface area contributed by atoms with E-state index in [1.54, 1.807) is 11.6 Å². The zero-order chi connectivity index (χ0) is 5.82. The first-order chi connectivity index (χ1) is 3.93. The van der Waals surface area contributed by atoms with Crippen molar-refractivity contribution in [3.8, 4) is 0 Å². The van der Waals surface area contributed by atoms with Gasteiger partial charge in [-0.2, -0.15) is 4.99 Å². The molecule has 4 heteroatoms.